The van der Waals surface area contributed by atoms with Gasteiger partial charge in [-0.05, 0) is 49.4 Å². The molecule has 0 bridgehead atoms. The Bertz CT molecular complexity index is 973. The van der Waals surface area contributed by atoms with Crippen molar-refractivity contribution in [2.75, 3.05) is 5.32 Å². The molecule has 0 aromatic carbocycles. The second-order valence-electron chi connectivity index (χ2n) is 7.74. The number of aryl methyl sites for hydroxylation is 1. The van der Waals surface area contributed by atoms with E-state index in [1.165, 1.54) is 0 Å². The Morgan fingerprint density at radius 3 is 2.63 bits per heavy atom. The van der Waals surface area contributed by atoms with Gasteiger partial charge in [-0.2, -0.15) is 0 Å². The molecule has 1 N–H and O–H groups in total. The predicted octanol–water partition coefficient (Wildman–Crippen LogP) is 5.65. The Morgan fingerprint density at radius 1 is 1.19 bits per heavy atom. The number of aromatic nitrogens is 3. The largest absolute Gasteiger partial charge is 0.341 e. The van der Waals surface area contributed by atoms with E-state index in [0.29, 0.717) is 18.7 Å². The van der Waals surface area contributed by atoms with Crippen LogP contribution in [0.2, 0.25) is 0 Å². The fraction of sp³-hybridized carbons (Fsp3) is 0.429. The third-order valence-corrected chi connectivity index (χ3v) is 5.23. The van der Waals surface area contributed by atoms with E-state index in [1.807, 2.05) is 19.1 Å². The quantitative estimate of drug-likeness (QED) is 0.609. The van der Waals surface area contributed by atoms with Crippen LogP contribution in [0.1, 0.15) is 43.9 Å². The Hall–Kier alpha value is -2.50. The highest BCUT2D eigenvalue weighted by Gasteiger charge is 2.46. The third-order valence-electron chi connectivity index (χ3n) is 5.23. The van der Waals surface area contributed by atoms with Crippen LogP contribution < -0.4 is 5.32 Å². The molecule has 0 spiro atoms. The summed E-state index contributed by atoms with van der Waals surface area (Å²) in [5.74, 6) is -2.21. The summed E-state index contributed by atoms with van der Waals surface area (Å²) >= 11 is 0. The summed E-state index contributed by atoms with van der Waals surface area (Å²) in [6.45, 7) is 5.93. The van der Waals surface area contributed by atoms with Crippen LogP contribution in [-0.4, -0.2) is 20.5 Å². The maximum atomic E-state index is 14.3. The van der Waals surface area contributed by atoms with E-state index in [0.717, 1.165) is 27.8 Å². The van der Waals surface area contributed by atoms with Crippen molar-refractivity contribution in [2.45, 2.75) is 52.0 Å². The lowest BCUT2D eigenvalue weighted by molar-refractivity contribution is -0.0375. The fourth-order valence-electron chi connectivity index (χ4n) is 3.52. The van der Waals surface area contributed by atoms with Gasteiger partial charge in [0.15, 0.2) is 0 Å². The molecule has 0 saturated heterocycles. The molecule has 1 saturated carbocycles. The zero-order valence-corrected chi connectivity index (χ0v) is 15.8. The summed E-state index contributed by atoms with van der Waals surface area (Å²) in [5.41, 5.74) is 3.74. The first-order chi connectivity index (χ1) is 12.9. The number of nitrogens with one attached hydrogen (secondary N) is 1. The molecule has 3 heterocycles. The van der Waals surface area contributed by atoms with Gasteiger partial charge in [0.1, 0.15) is 5.82 Å². The highest BCUT2D eigenvalue weighted by molar-refractivity contribution is 5.92. The van der Waals surface area contributed by atoms with E-state index in [-0.39, 0.29) is 12.5 Å². The maximum Gasteiger partial charge on any atom is 0.268 e. The molecule has 1 aliphatic carbocycles. The molecule has 3 aromatic heterocycles. The van der Waals surface area contributed by atoms with Crippen molar-refractivity contribution in [3.63, 3.8) is 0 Å². The number of alkyl halides is 2. The van der Waals surface area contributed by atoms with Crippen LogP contribution in [0.25, 0.3) is 10.9 Å². The smallest absolute Gasteiger partial charge is 0.268 e. The molecule has 27 heavy (non-hydrogen) atoms. The summed E-state index contributed by atoms with van der Waals surface area (Å²) in [6.07, 6.45) is 6.45. The highest BCUT2D eigenvalue weighted by atomic mass is 19.3. The van der Waals surface area contributed by atoms with Gasteiger partial charge in [0.05, 0.1) is 23.4 Å². The number of hydrogen-bond acceptors (Lipinski definition) is 3. The van der Waals surface area contributed by atoms with Gasteiger partial charge < -0.3 is 9.88 Å². The lowest BCUT2D eigenvalue weighted by atomic mass is 10.0. The minimum Gasteiger partial charge on any atom is -0.341 e. The molecule has 0 radical (unpaired) electrons. The van der Waals surface area contributed by atoms with Gasteiger partial charge in [-0.1, -0.05) is 13.8 Å². The highest BCUT2D eigenvalue weighted by Crippen LogP contribution is 2.44. The summed E-state index contributed by atoms with van der Waals surface area (Å²) in [5, 5.41) is 4.24. The van der Waals surface area contributed by atoms with E-state index in [4.69, 9.17) is 0 Å². The second-order valence-corrected chi connectivity index (χ2v) is 7.74. The molecule has 3 aromatic rings. The molecule has 1 fully saturated rings. The van der Waals surface area contributed by atoms with E-state index in [2.05, 4.69) is 29.1 Å². The van der Waals surface area contributed by atoms with E-state index < -0.39 is 11.8 Å². The first kappa shape index (κ1) is 17.9. The van der Waals surface area contributed by atoms with Crippen molar-refractivity contribution in [1.82, 2.24) is 14.5 Å². The molecular formula is C21H24F2N4. The molecule has 0 amide bonds. The number of rotatable bonds is 6. The molecule has 4 nitrogen and oxygen atoms in total. The lowest BCUT2D eigenvalue weighted by Crippen LogP contribution is -2.25. The molecule has 0 unspecified atom stereocenters. The average molecular weight is 370 g/mol. The SMILES string of the molecule is Cc1ccnc(C(C)C)c1Nc1nccc2c1ccn2CC(F)(F)C1CC1. The van der Waals surface area contributed by atoms with Crippen LogP contribution in [0.3, 0.4) is 0 Å². The summed E-state index contributed by atoms with van der Waals surface area (Å²) in [4.78, 5) is 8.96. The van der Waals surface area contributed by atoms with Crippen LogP contribution in [-0.2, 0) is 6.54 Å². The Morgan fingerprint density at radius 2 is 1.93 bits per heavy atom. The van der Waals surface area contributed by atoms with E-state index in [9.17, 15) is 8.78 Å². The summed E-state index contributed by atoms with van der Waals surface area (Å²) in [6, 6.07) is 5.60. The fourth-order valence-corrected chi connectivity index (χ4v) is 3.52. The standard InChI is InChI=1S/C21H24F2N4/c1-13(2)18-19(14(3)6-9-24-18)26-20-16-8-11-27(17(16)7-10-25-20)12-21(22,23)15-4-5-15/h6-11,13,15H,4-5,12H2,1-3H3,(H,25,26). The van der Waals surface area contributed by atoms with Crippen LogP contribution >= 0.6 is 0 Å². The van der Waals surface area contributed by atoms with Gasteiger partial charge in [0.25, 0.3) is 5.92 Å². The monoisotopic (exact) mass is 370 g/mol. The molecule has 0 aliphatic heterocycles. The van der Waals surface area contributed by atoms with Crippen LogP contribution in [0.4, 0.5) is 20.3 Å². The maximum absolute atomic E-state index is 14.3. The van der Waals surface area contributed by atoms with E-state index >= 15 is 0 Å². The van der Waals surface area contributed by atoms with Gasteiger partial charge in [-0.3, -0.25) is 4.98 Å². The van der Waals surface area contributed by atoms with Crippen molar-refractivity contribution in [3.05, 3.63) is 48.0 Å². The molecule has 6 heteroatoms. The number of pyridine rings is 2. The second kappa shape index (κ2) is 6.59. The van der Waals surface area contributed by atoms with Gasteiger partial charge >= 0.3 is 0 Å². The molecule has 0 atom stereocenters. The van der Waals surface area contributed by atoms with Gasteiger partial charge in [0.2, 0.25) is 0 Å². The van der Waals surface area contributed by atoms with Gasteiger partial charge in [0, 0.05) is 29.9 Å². The van der Waals surface area contributed by atoms with Crippen molar-refractivity contribution in [3.8, 4) is 0 Å². The van der Waals surface area contributed by atoms with Crippen LogP contribution in [0.5, 0.6) is 0 Å². The van der Waals surface area contributed by atoms with Crippen LogP contribution in [0.15, 0.2) is 36.8 Å². The number of hydrogen-bond donors (Lipinski definition) is 1. The predicted molar refractivity (Wildman–Crippen MR) is 104 cm³/mol. The molecular weight excluding hydrogens is 346 g/mol. The number of halogens is 2. The zero-order chi connectivity index (χ0) is 19.2. The van der Waals surface area contributed by atoms with Crippen molar-refractivity contribution >= 4 is 22.4 Å². The third kappa shape index (κ3) is 3.40. The van der Waals surface area contributed by atoms with Gasteiger partial charge in [-0.25, -0.2) is 13.8 Å². The molecule has 142 valence electrons. The first-order valence-corrected chi connectivity index (χ1v) is 9.41. The van der Waals surface area contributed by atoms with Gasteiger partial charge in [-0.15, -0.1) is 0 Å². The normalized spacial score (nSPS) is 14.9. The summed E-state index contributed by atoms with van der Waals surface area (Å²) < 4.78 is 30.2. The topological polar surface area (TPSA) is 42.7 Å². The van der Waals surface area contributed by atoms with Crippen molar-refractivity contribution in [1.29, 1.82) is 0 Å². The average Bonchev–Trinajstić information content (AvgIpc) is 3.41. The summed E-state index contributed by atoms with van der Waals surface area (Å²) in [7, 11) is 0. The van der Waals surface area contributed by atoms with E-state index in [1.54, 1.807) is 29.2 Å². The van der Waals surface area contributed by atoms with Crippen molar-refractivity contribution < 1.29 is 8.78 Å². The Labute approximate surface area is 157 Å². The number of fused-ring (bicyclic) bond motifs is 1. The lowest BCUT2D eigenvalue weighted by Gasteiger charge is -2.18. The molecule has 4 rings (SSSR count). The molecule has 1 aliphatic rings. The minimum atomic E-state index is -2.66. The van der Waals surface area contributed by atoms with Crippen molar-refractivity contribution in [2.24, 2.45) is 5.92 Å². The minimum absolute atomic E-state index is 0.258. The number of nitrogens with zero attached hydrogens (tertiary/aromatic N) is 3. The first-order valence-electron chi connectivity index (χ1n) is 9.41. The Kier molecular flexibility index (Phi) is 4.36. The van der Waals surface area contributed by atoms with Crippen LogP contribution in [0, 0.1) is 12.8 Å². The number of anilines is 2. The Balaban J connectivity index is 1.70. The zero-order valence-electron chi connectivity index (χ0n) is 15.8.